The molecule has 0 nitrogen and oxygen atoms in total. The van der Waals surface area contributed by atoms with Crippen LogP contribution < -0.4 is 0 Å². The Morgan fingerprint density at radius 2 is 1.38 bits per heavy atom. The van der Waals surface area contributed by atoms with Crippen molar-refractivity contribution >= 4 is 31.8 Å². The molecular formula is C6H12MgSi. The van der Waals surface area contributed by atoms with E-state index < -0.39 is 0 Å². The van der Waals surface area contributed by atoms with Gasteiger partial charge in [-0.25, -0.2) is 0 Å². The van der Waals surface area contributed by atoms with Crippen LogP contribution in [0.2, 0.25) is 19.6 Å². The normalized spacial score (nSPS) is 5.38. The average Bonchev–Trinajstić information content (AvgIpc) is 1.33. The van der Waals surface area contributed by atoms with E-state index in [4.69, 9.17) is 0 Å². The summed E-state index contributed by atoms with van der Waals surface area (Å²) in [7, 11) is 0.120. The van der Waals surface area contributed by atoms with Gasteiger partial charge in [0, 0.05) is 0 Å². The van der Waals surface area contributed by atoms with Gasteiger partial charge in [0.25, 0.3) is 0 Å². The molecule has 2 heteroatoms. The Morgan fingerprint density at radius 1 is 1.38 bits per heavy atom. The largest absolute Gasteiger partial charge is 2.00 e. The maximum atomic E-state index is 4.49. The van der Waals surface area contributed by atoms with E-state index >= 15 is 0 Å². The zero-order valence-corrected chi connectivity index (χ0v) is 8.41. The van der Waals surface area contributed by atoms with E-state index in [2.05, 4.69) is 33.0 Å². The van der Waals surface area contributed by atoms with Crippen molar-refractivity contribution in [2.24, 2.45) is 0 Å². The summed E-state index contributed by atoms with van der Waals surface area (Å²) >= 11 is 0. The molecule has 0 saturated carbocycles. The SMILES string of the molecule is C#C[CH2-].C[Si-](C)C.[Mg+2]. The van der Waals surface area contributed by atoms with Crippen LogP contribution in [0, 0.1) is 19.3 Å². The molecule has 0 amide bonds. The number of hydrogen-bond acceptors (Lipinski definition) is 0. The van der Waals surface area contributed by atoms with Crippen molar-refractivity contribution in [3.05, 3.63) is 6.92 Å². The smallest absolute Gasteiger partial charge is 0.345 e. The first-order chi connectivity index (χ1) is 3.15. The van der Waals surface area contributed by atoms with Gasteiger partial charge >= 0.3 is 23.1 Å². The van der Waals surface area contributed by atoms with Crippen LogP contribution in [0.1, 0.15) is 0 Å². The molecule has 42 valence electrons. The molecule has 0 fully saturated rings. The van der Waals surface area contributed by atoms with E-state index in [1.807, 2.05) is 5.92 Å². The standard InChI is InChI=1S/C3H9Si.C3H3.Mg/c1-4(2)3;1-3-2;/h1-3H3;1H,2H2;/q2*-1;+2. The predicted molar refractivity (Wildman–Crippen MR) is 43.3 cm³/mol. The van der Waals surface area contributed by atoms with Gasteiger partial charge in [-0.05, 0) is 0 Å². The van der Waals surface area contributed by atoms with Crippen molar-refractivity contribution in [3.63, 3.8) is 0 Å². The van der Waals surface area contributed by atoms with Crippen LogP contribution in [0.3, 0.4) is 0 Å². The van der Waals surface area contributed by atoms with Crippen LogP contribution in [-0.2, 0) is 0 Å². The summed E-state index contributed by atoms with van der Waals surface area (Å²) in [5.74, 6) is 2.00. The monoisotopic (exact) mass is 136 g/mol. The molecule has 0 atom stereocenters. The van der Waals surface area contributed by atoms with Gasteiger partial charge < -0.3 is 12.3 Å². The fourth-order valence-electron chi connectivity index (χ4n) is 0. The van der Waals surface area contributed by atoms with Gasteiger partial charge in [-0.2, -0.15) is 26.6 Å². The van der Waals surface area contributed by atoms with Gasteiger partial charge in [0.2, 0.25) is 0 Å². The number of terminal acetylenes is 1. The minimum absolute atomic E-state index is 0. The molecule has 0 aliphatic rings. The maximum Gasteiger partial charge on any atom is 2.00 e. The summed E-state index contributed by atoms with van der Waals surface area (Å²) < 4.78 is 0. The first-order valence-electron chi connectivity index (χ1n) is 2.14. The van der Waals surface area contributed by atoms with E-state index in [-0.39, 0.29) is 31.8 Å². The minimum Gasteiger partial charge on any atom is -0.345 e. The molecule has 0 radical (unpaired) electrons. The molecule has 0 saturated heterocycles. The van der Waals surface area contributed by atoms with Gasteiger partial charge in [0.05, 0.1) is 0 Å². The fraction of sp³-hybridized carbons (Fsp3) is 0.500. The number of hydrogen-bond donors (Lipinski definition) is 0. The predicted octanol–water partition coefficient (Wildman–Crippen LogP) is 1.44. The Morgan fingerprint density at radius 3 is 1.38 bits per heavy atom. The third kappa shape index (κ3) is 1100. The molecule has 0 aromatic heterocycles. The molecule has 0 unspecified atom stereocenters. The van der Waals surface area contributed by atoms with E-state index in [1.54, 1.807) is 0 Å². The van der Waals surface area contributed by atoms with Crippen LogP contribution >= 0.6 is 0 Å². The van der Waals surface area contributed by atoms with Gasteiger partial charge in [-0.15, -0.1) is 0 Å². The van der Waals surface area contributed by atoms with Crippen molar-refractivity contribution in [1.29, 1.82) is 0 Å². The average molecular weight is 137 g/mol. The van der Waals surface area contributed by atoms with Gasteiger partial charge in [0.1, 0.15) is 0 Å². The molecule has 0 aliphatic heterocycles. The summed E-state index contributed by atoms with van der Waals surface area (Å²) in [4.78, 5) is 0. The van der Waals surface area contributed by atoms with Crippen molar-refractivity contribution in [2.45, 2.75) is 19.6 Å². The van der Waals surface area contributed by atoms with Crippen LogP contribution in [0.4, 0.5) is 0 Å². The second kappa shape index (κ2) is 15.7. The Hall–Kier alpha value is 0.413. The third-order valence-electron chi connectivity index (χ3n) is 0. The van der Waals surface area contributed by atoms with E-state index in [9.17, 15) is 0 Å². The molecule has 8 heavy (non-hydrogen) atoms. The minimum atomic E-state index is 0. The first kappa shape index (κ1) is 15.8. The van der Waals surface area contributed by atoms with Crippen molar-refractivity contribution in [2.75, 3.05) is 0 Å². The Labute approximate surface area is 70.8 Å². The van der Waals surface area contributed by atoms with Crippen LogP contribution in [0.25, 0.3) is 0 Å². The Balaban J connectivity index is -0.0000000575. The molecule has 0 heterocycles. The summed E-state index contributed by atoms with van der Waals surface area (Å²) in [6.07, 6.45) is 4.49. The van der Waals surface area contributed by atoms with Crippen molar-refractivity contribution in [3.8, 4) is 12.3 Å². The molecule has 0 N–H and O–H groups in total. The topological polar surface area (TPSA) is 0 Å². The van der Waals surface area contributed by atoms with Gasteiger partial charge in [-0.1, -0.05) is 0 Å². The van der Waals surface area contributed by atoms with Crippen LogP contribution in [0.5, 0.6) is 0 Å². The molecule has 0 aromatic carbocycles. The molecular weight excluding hydrogens is 124 g/mol. The van der Waals surface area contributed by atoms with Crippen LogP contribution in [-0.4, -0.2) is 31.8 Å². The van der Waals surface area contributed by atoms with Gasteiger partial charge in [-0.3, -0.25) is 8.80 Å². The van der Waals surface area contributed by atoms with E-state index in [0.29, 0.717) is 0 Å². The first-order valence-corrected chi connectivity index (χ1v) is 5.14. The second-order valence-corrected chi connectivity index (χ2v) is 4.70. The molecule has 0 aromatic rings. The molecule has 0 rings (SSSR count). The summed E-state index contributed by atoms with van der Waals surface area (Å²) in [5, 5.41) is 0. The third-order valence-corrected chi connectivity index (χ3v) is 0. The molecule has 0 bridgehead atoms. The molecule has 0 aliphatic carbocycles. The quantitative estimate of drug-likeness (QED) is 0.269. The van der Waals surface area contributed by atoms with Crippen molar-refractivity contribution < 1.29 is 0 Å². The van der Waals surface area contributed by atoms with E-state index in [1.165, 1.54) is 0 Å². The second-order valence-electron chi connectivity index (χ2n) is 1.70. The maximum absolute atomic E-state index is 4.49. The summed E-state index contributed by atoms with van der Waals surface area (Å²) in [6, 6.07) is 0. The Bertz CT molecular complexity index is 51.3. The summed E-state index contributed by atoms with van der Waals surface area (Å²) in [6.45, 7) is 9.82. The van der Waals surface area contributed by atoms with E-state index in [0.717, 1.165) is 0 Å². The molecule has 0 spiro atoms. The number of rotatable bonds is 0. The Kier molecular flexibility index (Phi) is 30.9. The fourth-order valence-corrected chi connectivity index (χ4v) is 0. The van der Waals surface area contributed by atoms with Crippen molar-refractivity contribution in [1.82, 2.24) is 0 Å². The summed E-state index contributed by atoms with van der Waals surface area (Å²) in [5.41, 5.74) is 0. The zero-order valence-electron chi connectivity index (χ0n) is 5.99. The van der Waals surface area contributed by atoms with Gasteiger partial charge in [0.15, 0.2) is 0 Å². The van der Waals surface area contributed by atoms with Crippen LogP contribution in [0.15, 0.2) is 0 Å². The zero-order chi connectivity index (χ0) is 6.28.